The van der Waals surface area contributed by atoms with E-state index >= 15 is 0 Å². The second kappa shape index (κ2) is 6.26. The van der Waals surface area contributed by atoms with E-state index in [-0.39, 0.29) is 23.7 Å². The van der Waals surface area contributed by atoms with Crippen LogP contribution in [0.4, 0.5) is 0 Å². The molecule has 2 unspecified atom stereocenters. The van der Waals surface area contributed by atoms with Gasteiger partial charge < -0.3 is 9.64 Å². The lowest BCUT2D eigenvalue weighted by Gasteiger charge is -2.38. The number of benzene rings is 1. The highest BCUT2D eigenvalue weighted by molar-refractivity contribution is 7.13. The molecule has 5 nitrogen and oxygen atoms in total. The SMILES string of the molecule is Cc1ccc2snc(C(=O)N3CCOCC3C3CCCC3=O)c2c1. The Morgan fingerprint density at radius 2 is 2.29 bits per heavy atom. The topological polar surface area (TPSA) is 59.5 Å². The van der Waals surface area contributed by atoms with Gasteiger partial charge in [0.05, 0.1) is 24.0 Å². The van der Waals surface area contributed by atoms with Gasteiger partial charge in [-0.05, 0) is 43.4 Å². The molecule has 1 saturated heterocycles. The molecule has 0 N–H and O–H groups in total. The molecule has 1 aromatic carbocycles. The van der Waals surface area contributed by atoms with Crippen LogP contribution in [0.2, 0.25) is 0 Å². The lowest BCUT2D eigenvalue weighted by atomic mass is 9.95. The largest absolute Gasteiger partial charge is 0.377 e. The van der Waals surface area contributed by atoms with E-state index in [1.807, 2.05) is 30.0 Å². The van der Waals surface area contributed by atoms with Crippen LogP contribution in [0.3, 0.4) is 0 Å². The van der Waals surface area contributed by atoms with Crippen LogP contribution in [0.5, 0.6) is 0 Å². The molecule has 1 aliphatic heterocycles. The third kappa shape index (κ3) is 2.63. The van der Waals surface area contributed by atoms with Crippen LogP contribution in [0, 0.1) is 12.8 Å². The number of hydrogen-bond donors (Lipinski definition) is 0. The van der Waals surface area contributed by atoms with Gasteiger partial charge >= 0.3 is 0 Å². The van der Waals surface area contributed by atoms with E-state index in [0.29, 0.717) is 31.9 Å². The molecular formula is C18H20N2O3S. The fraction of sp³-hybridized carbons (Fsp3) is 0.500. The Labute approximate surface area is 144 Å². The predicted molar refractivity (Wildman–Crippen MR) is 92.3 cm³/mol. The number of morpholine rings is 1. The van der Waals surface area contributed by atoms with Crippen molar-refractivity contribution in [3.05, 3.63) is 29.5 Å². The van der Waals surface area contributed by atoms with Crippen LogP contribution in [-0.4, -0.2) is 46.8 Å². The smallest absolute Gasteiger partial charge is 0.274 e. The van der Waals surface area contributed by atoms with Gasteiger partial charge in [-0.1, -0.05) is 11.6 Å². The number of amides is 1. The lowest BCUT2D eigenvalue weighted by Crippen LogP contribution is -2.53. The van der Waals surface area contributed by atoms with E-state index in [1.54, 1.807) is 0 Å². The average molecular weight is 344 g/mol. The zero-order chi connectivity index (χ0) is 16.7. The van der Waals surface area contributed by atoms with Crippen LogP contribution in [0.25, 0.3) is 10.1 Å². The molecule has 1 aromatic heterocycles. The number of hydrogen-bond acceptors (Lipinski definition) is 5. The third-order valence-electron chi connectivity index (χ3n) is 5.07. The predicted octanol–water partition coefficient (Wildman–Crippen LogP) is 2.81. The highest BCUT2D eigenvalue weighted by atomic mass is 32.1. The van der Waals surface area contributed by atoms with Crippen LogP contribution in [0.15, 0.2) is 18.2 Å². The van der Waals surface area contributed by atoms with Crippen molar-refractivity contribution in [2.45, 2.75) is 32.2 Å². The number of carbonyl (C=O) groups is 2. The summed E-state index contributed by atoms with van der Waals surface area (Å²) in [7, 11) is 0. The van der Waals surface area contributed by atoms with Crippen molar-refractivity contribution >= 4 is 33.3 Å². The molecule has 0 bridgehead atoms. The summed E-state index contributed by atoms with van der Waals surface area (Å²) in [6.45, 7) is 3.51. The monoisotopic (exact) mass is 344 g/mol. The number of aromatic nitrogens is 1. The molecule has 0 radical (unpaired) electrons. The Kier molecular flexibility index (Phi) is 4.10. The second-order valence-electron chi connectivity index (χ2n) is 6.64. The van der Waals surface area contributed by atoms with Crippen LogP contribution >= 0.6 is 11.5 Å². The van der Waals surface area contributed by atoms with Crippen molar-refractivity contribution in [1.29, 1.82) is 0 Å². The molecule has 2 aromatic rings. The maximum atomic E-state index is 13.2. The maximum absolute atomic E-state index is 13.2. The molecule has 2 heterocycles. The summed E-state index contributed by atoms with van der Waals surface area (Å²) >= 11 is 1.35. The molecule has 4 rings (SSSR count). The molecule has 24 heavy (non-hydrogen) atoms. The number of Topliss-reactive ketones (excluding diaryl/α,β-unsaturated/α-hetero) is 1. The van der Waals surface area contributed by atoms with Gasteiger partial charge in [0.25, 0.3) is 5.91 Å². The van der Waals surface area contributed by atoms with Gasteiger partial charge in [0, 0.05) is 24.3 Å². The summed E-state index contributed by atoms with van der Waals surface area (Å²) in [5, 5.41) is 0.910. The zero-order valence-electron chi connectivity index (χ0n) is 13.7. The Hall–Kier alpha value is -1.79. The highest BCUT2D eigenvalue weighted by Crippen LogP contribution is 2.31. The minimum atomic E-state index is -0.150. The van der Waals surface area contributed by atoms with Crippen molar-refractivity contribution in [3.63, 3.8) is 0 Å². The normalized spacial score (nSPS) is 24.7. The molecule has 6 heteroatoms. The Morgan fingerprint density at radius 3 is 3.08 bits per heavy atom. The number of nitrogens with zero attached hydrogens (tertiary/aromatic N) is 2. The summed E-state index contributed by atoms with van der Waals surface area (Å²) < 4.78 is 11.0. The number of rotatable bonds is 2. The van der Waals surface area contributed by atoms with E-state index in [4.69, 9.17) is 4.74 Å². The van der Waals surface area contributed by atoms with Crippen molar-refractivity contribution in [2.24, 2.45) is 5.92 Å². The summed E-state index contributed by atoms with van der Waals surface area (Å²) in [6.07, 6.45) is 2.40. The summed E-state index contributed by atoms with van der Waals surface area (Å²) in [5.41, 5.74) is 1.62. The van der Waals surface area contributed by atoms with Gasteiger partial charge in [0.2, 0.25) is 0 Å². The minimum Gasteiger partial charge on any atom is -0.377 e. The van der Waals surface area contributed by atoms with Crippen molar-refractivity contribution < 1.29 is 14.3 Å². The zero-order valence-corrected chi connectivity index (χ0v) is 14.5. The van der Waals surface area contributed by atoms with Gasteiger partial charge in [-0.25, -0.2) is 0 Å². The van der Waals surface area contributed by atoms with Crippen LogP contribution in [0.1, 0.15) is 35.3 Å². The molecule has 2 atom stereocenters. The van der Waals surface area contributed by atoms with Crippen LogP contribution < -0.4 is 0 Å². The van der Waals surface area contributed by atoms with Crippen molar-refractivity contribution in [1.82, 2.24) is 9.27 Å². The third-order valence-corrected chi connectivity index (χ3v) is 5.90. The van der Waals surface area contributed by atoms with Gasteiger partial charge in [-0.3, -0.25) is 9.59 Å². The first-order valence-electron chi connectivity index (χ1n) is 8.42. The molecule has 1 aliphatic carbocycles. The highest BCUT2D eigenvalue weighted by Gasteiger charge is 2.40. The standard InChI is InChI=1S/C18H20N2O3S/c1-11-5-6-16-13(9-11)17(19-24-16)18(22)20-7-8-23-10-14(20)12-3-2-4-15(12)21/h5-6,9,12,14H,2-4,7-8,10H2,1H3. The van der Waals surface area contributed by atoms with Crippen molar-refractivity contribution in [3.8, 4) is 0 Å². The van der Waals surface area contributed by atoms with E-state index in [0.717, 1.165) is 28.5 Å². The molecule has 126 valence electrons. The molecule has 1 amide bonds. The Balaban J connectivity index is 1.68. The number of fused-ring (bicyclic) bond motifs is 1. The van der Waals surface area contributed by atoms with E-state index in [2.05, 4.69) is 4.37 Å². The Bertz CT molecular complexity index is 801. The number of carbonyl (C=O) groups excluding carboxylic acids is 2. The Morgan fingerprint density at radius 1 is 1.42 bits per heavy atom. The summed E-state index contributed by atoms with van der Waals surface area (Å²) in [4.78, 5) is 27.2. The first kappa shape index (κ1) is 15.7. The molecule has 2 fully saturated rings. The van der Waals surface area contributed by atoms with Crippen LogP contribution in [-0.2, 0) is 9.53 Å². The summed E-state index contributed by atoms with van der Waals surface area (Å²) in [6, 6.07) is 5.91. The van der Waals surface area contributed by atoms with E-state index < -0.39 is 0 Å². The number of ketones is 1. The molecule has 0 spiro atoms. The number of ether oxygens (including phenoxy) is 1. The van der Waals surface area contributed by atoms with E-state index in [1.165, 1.54) is 11.5 Å². The fourth-order valence-corrected chi connectivity index (χ4v) is 4.55. The lowest BCUT2D eigenvalue weighted by molar-refractivity contribution is -0.124. The van der Waals surface area contributed by atoms with E-state index in [9.17, 15) is 9.59 Å². The van der Waals surface area contributed by atoms with Gasteiger partial charge in [0.1, 0.15) is 11.5 Å². The second-order valence-corrected chi connectivity index (χ2v) is 7.44. The quantitative estimate of drug-likeness (QED) is 0.840. The van der Waals surface area contributed by atoms with Gasteiger partial charge in [-0.2, -0.15) is 4.37 Å². The first-order valence-corrected chi connectivity index (χ1v) is 9.20. The number of aryl methyl sites for hydroxylation is 1. The minimum absolute atomic E-state index is 0.0696. The van der Waals surface area contributed by atoms with Gasteiger partial charge in [0.15, 0.2) is 0 Å². The van der Waals surface area contributed by atoms with Gasteiger partial charge in [-0.15, -0.1) is 0 Å². The average Bonchev–Trinajstić information content (AvgIpc) is 3.20. The fourth-order valence-electron chi connectivity index (χ4n) is 3.80. The molecular weight excluding hydrogens is 324 g/mol. The van der Waals surface area contributed by atoms with Crippen molar-refractivity contribution in [2.75, 3.05) is 19.8 Å². The molecule has 1 saturated carbocycles. The maximum Gasteiger partial charge on any atom is 0.274 e. The first-order chi connectivity index (χ1) is 11.6. The summed E-state index contributed by atoms with van der Waals surface area (Å²) in [5.74, 6) is 0.114. The molecule has 2 aliphatic rings.